The highest BCUT2D eigenvalue weighted by atomic mass is 16.1. The monoisotopic (exact) mass is 392 g/mol. The smallest absolute Gasteiger partial charge is 0.251 e. The Hall–Kier alpha value is -2.58. The largest absolute Gasteiger partial charge is 0.366 e. The molecule has 1 aromatic carbocycles. The minimum absolute atomic E-state index is 0.378. The molecular formula is C24H32N4O. The quantitative estimate of drug-likeness (QED) is 0.729. The normalized spacial score (nSPS) is 14.7. The molecule has 0 unspecified atom stereocenters. The van der Waals surface area contributed by atoms with Crippen LogP contribution in [0, 0.1) is 18.3 Å². The van der Waals surface area contributed by atoms with E-state index < -0.39 is 0 Å². The van der Waals surface area contributed by atoms with Gasteiger partial charge in [-0.05, 0) is 63.4 Å². The predicted molar refractivity (Wildman–Crippen MR) is 117 cm³/mol. The van der Waals surface area contributed by atoms with Crippen molar-refractivity contribution in [1.29, 1.82) is 5.26 Å². The highest BCUT2D eigenvalue weighted by Gasteiger charge is 2.25. The van der Waals surface area contributed by atoms with Gasteiger partial charge in [-0.3, -0.25) is 4.79 Å². The standard InChI is InChI=1S/C24H32N4O/c1-3-4-8-21-23(20-11-9-19(17-25)10-12-20)22(24(26)29)18(2)28(21)16-15-27-13-6-5-7-14-27/h9-12H,3-8,13-16H2,1-2H3,(H2,26,29). The van der Waals surface area contributed by atoms with Crippen molar-refractivity contribution in [1.82, 2.24) is 9.47 Å². The van der Waals surface area contributed by atoms with Gasteiger partial charge in [0.25, 0.3) is 5.91 Å². The summed E-state index contributed by atoms with van der Waals surface area (Å²) >= 11 is 0. The minimum atomic E-state index is -0.378. The zero-order chi connectivity index (χ0) is 20.8. The number of nitrogens with zero attached hydrogens (tertiary/aromatic N) is 3. The molecule has 1 amide bonds. The van der Waals surface area contributed by atoms with Crippen LogP contribution in [0.25, 0.3) is 11.1 Å². The van der Waals surface area contributed by atoms with Gasteiger partial charge in [0.15, 0.2) is 0 Å². The van der Waals surface area contributed by atoms with Crippen molar-refractivity contribution in [3.63, 3.8) is 0 Å². The Morgan fingerprint density at radius 2 is 1.83 bits per heavy atom. The Balaban J connectivity index is 2.03. The van der Waals surface area contributed by atoms with Crippen molar-refractivity contribution in [2.24, 2.45) is 5.73 Å². The van der Waals surface area contributed by atoms with E-state index in [4.69, 9.17) is 11.0 Å². The summed E-state index contributed by atoms with van der Waals surface area (Å²) in [6, 6.07) is 9.65. The number of rotatable bonds is 8. The fraction of sp³-hybridized carbons (Fsp3) is 0.500. The van der Waals surface area contributed by atoms with Crippen LogP contribution in [0.5, 0.6) is 0 Å². The van der Waals surface area contributed by atoms with Crippen LogP contribution in [0.3, 0.4) is 0 Å². The summed E-state index contributed by atoms with van der Waals surface area (Å²) in [5.74, 6) is -0.378. The van der Waals surface area contributed by atoms with Gasteiger partial charge in [-0.1, -0.05) is 31.9 Å². The summed E-state index contributed by atoms with van der Waals surface area (Å²) in [6.45, 7) is 8.40. The number of unbranched alkanes of at least 4 members (excludes halogenated alkanes) is 1. The van der Waals surface area contributed by atoms with Gasteiger partial charge < -0.3 is 15.2 Å². The molecule has 3 rings (SSSR count). The summed E-state index contributed by atoms with van der Waals surface area (Å²) in [6.07, 6.45) is 6.95. The summed E-state index contributed by atoms with van der Waals surface area (Å²) in [5, 5.41) is 9.12. The van der Waals surface area contributed by atoms with Crippen molar-refractivity contribution in [3.05, 3.63) is 46.8 Å². The molecule has 0 spiro atoms. The topological polar surface area (TPSA) is 75.0 Å². The lowest BCUT2D eigenvalue weighted by Gasteiger charge is -2.27. The third kappa shape index (κ3) is 4.71. The average Bonchev–Trinajstić information content (AvgIpc) is 3.03. The number of amides is 1. The van der Waals surface area contributed by atoms with Crippen molar-refractivity contribution in [3.8, 4) is 17.2 Å². The van der Waals surface area contributed by atoms with E-state index >= 15 is 0 Å². The number of likely N-dealkylation sites (tertiary alicyclic amines) is 1. The van der Waals surface area contributed by atoms with Crippen LogP contribution in [-0.4, -0.2) is 35.0 Å². The van der Waals surface area contributed by atoms with Gasteiger partial charge in [0.2, 0.25) is 0 Å². The molecule has 2 aromatic rings. The first kappa shape index (κ1) is 21.1. The Bertz CT molecular complexity index is 883. The van der Waals surface area contributed by atoms with Crippen molar-refractivity contribution in [2.75, 3.05) is 19.6 Å². The number of hydrogen-bond donors (Lipinski definition) is 1. The highest BCUT2D eigenvalue weighted by Crippen LogP contribution is 2.34. The number of nitrogens with two attached hydrogens (primary N) is 1. The number of carbonyl (C=O) groups is 1. The summed E-state index contributed by atoms with van der Waals surface area (Å²) in [7, 11) is 0. The van der Waals surface area contributed by atoms with Gasteiger partial charge in [-0.25, -0.2) is 0 Å². The molecule has 0 atom stereocenters. The molecule has 5 heteroatoms. The van der Waals surface area contributed by atoms with Gasteiger partial charge in [0.05, 0.1) is 17.2 Å². The molecule has 0 radical (unpaired) electrons. The second-order valence-electron chi connectivity index (χ2n) is 7.99. The van der Waals surface area contributed by atoms with E-state index in [2.05, 4.69) is 22.5 Å². The van der Waals surface area contributed by atoms with E-state index in [1.54, 1.807) is 0 Å². The highest BCUT2D eigenvalue weighted by molar-refractivity contribution is 6.02. The number of primary amides is 1. The van der Waals surface area contributed by atoms with Gasteiger partial charge in [-0.15, -0.1) is 0 Å². The first-order valence-corrected chi connectivity index (χ1v) is 10.8. The molecular weight excluding hydrogens is 360 g/mol. The van der Waals surface area contributed by atoms with Crippen LogP contribution in [0.15, 0.2) is 24.3 Å². The molecule has 1 aliphatic heterocycles. The number of piperidine rings is 1. The number of carbonyl (C=O) groups excluding carboxylic acids is 1. The van der Waals surface area contributed by atoms with E-state index in [0.717, 1.165) is 62.3 Å². The second kappa shape index (κ2) is 9.76. The number of aromatic nitrogens is 1. The van der Waals surface area contributed by atoms with Gasteiger partial charge in [0, 0.05) is 30.0 Å². The van der Waals surface area contributed by atoms with Gasteiger partial charge >= 0.3 is 0 Å². The van der Waals surface area contributed by atoms with Crippen LogP contribution in [0.1, 0.15) is 66.3 Å². The van der Waals surface area contributed by atoms with Crippen molar-refractivity contribution in [2.45, 2.75) is 58.9 Å². The van der Waals surface area contributed by atoms with E-state index in [-0.39, 0.29) is 5.91 Å². The Morgan fingerprint density at radius 1 is 1.14 bits per heavy atom. The predicted octanol–water partition coefficient (Wildman–Crippen LogP) is 4.26. The third-order valence-electron chi connectivity index (χ3n) is 6.04. The number of hydrogen-bond acceptors (Lipinski definition) is 3. The van der Waals surface area contributed by atoms with Gasteiger partial charge in [-0.2, -0.15) is 5.26 Å². The Labute approximate surface area is 174 Å². The van der Waals surface area contributed by atoms with Crippen LogP contribution in [0.4, 0.5) is 0 Å². The molecule has 2 N–H and O–H groups in total. The zero-order valence-corrected chi connectivity index (χ0v) is 17.7. The molecule has 0 saturated carbocycles. The van der Waals surface area contributed by atoms with E-state index in [1.165, 1.54) is 25.0 Å². The first-order valence-electron chi connectivity index (χ1n) is 10.8. The number of benzene rings is 1. The molecule has 1 aromatic heterocycles. The maximum atomic E-state index is 12.4. The molecule has 154 valence electrons. The molecule has 29 heavy (non-hydrogen) atoms. The first-order chi connectivity index (χ1) is 14.1. The molecule has 1 saturated heterocycles. The number of nitriles is 1. The van der Waals surface area contributed by atoms with Crippen LogP contribution < -0.4 is 5.73 Å². The SMILES string of the molecule is CCCCc1c(-c2ccc(C#N)cc2)c(C(N)=O)c(C)n1CCN1CCCCC1. The second-order valence-corrected chi connectivity index (χ2v) is 7.99. The lowest BCUT2D eigenvalue weighted by atomic mass is 9.97. The van der Waals surface area contributed by atoms with E-state index in [1.807, 2.05) is 31.2 Å². The van der Waals surface area contributed by atoms with Gasteiger partial charge in [0.1, 0.15) is 0 Å². The molecule has 0 bridgehead atoms. The van der Waals surface area contributed by atoms with Crippen molar-refractivity contribution < 1.29 is 4.79 Å². The Kier molecular flexibility index (Phi) is 7.11. The van der Waals surface area contributed by atoms with Crippen LogP contribution in [0.2, 0.25) is 0 Å². The average molecular weight is 393 g/mol. The third-order valence-corrected chi connectivity index (χ3v) is 6.04. The summed E-state index contributed by atoms with van der Waals surface area (Å²) < 4.78 is 2.32. The lowest BCUT2D eigenvalue weighted by molar-refractivity contribution is 0.1000. The van der Waals surface area contributed by atoms with Crippen molar-refractivity contribution >= 4 is 5.91 Å². The summed E-state index contributed by atoms with van der Waals surface area (Å²) in [5.41, 5.74) is 11.1. The molecule has 2 heterocycles. The zero-order valence-electron chi connectivity index (χ0n) is 17.7. The molecule has 0 aliphatic carbocycles. The van der Waals surface area contributed by atoms with Crippen LogP contribution >= 0.6 is 0 Å². The molecule has 1 aliphatic rings. The van der Waals surface area contributed by atoms with Crippen LogP contribution in [-0.2, 0) is 13.0 Å². The minimum Gasteiger partial charge on any atom is -0.366 e. The summed E-state index contributed by atoms with van der Waals surface area (Å²) in [4.78, 5) is 15.0. The Morgan fingerprint density at radius 3 is 2.41 bits per heavy atom. The molecule has 5 nitrogen and oxygen atoms in total. The maximum absolute atomic E-state index is 12.4. The fourth-order valence-corrected chi connectivity index (χ4v) is 4.45. The van der Waals surface area contributed by atoms with E-state index in [0.29, 0.717) is 11.1 Å². The molecule has 1 fully saturated rings. The maximum Gasteiger partial charge on any atom is 0.251 e. The lowest BCUT2D eigenvalue weighted by Crippen LogP contribution is -2.33. The fourth-order valence-electron chi connectivity index (χ4n) is 4.45. The van der Waals surface area contributed by atoms with E-state index in [9.17, 15) is 4.79 Å².